The molecule has 3 aliphatic heterocycles. The SMILES string of the molecule is COC(=O)c1cccc2c1nnn2[C@@H]1O[C@@H]2COP(O)(=S)O[C@H]3[C@@H](F)[C@H](n4cnc5c(NC(=O)c6ccccc6)ncnc54)O[C@@H]3COP(=S)(OCCC#N)O[C@H]2[C@H]1F. The van der Waals surface area contributed by atoms with Gasteiger partial charge in [0.15, 0.2) is 41.8 Å². The second kappa shape index (κ2) is 17.0. The minimum atomic E-state index is -4.38. The number of ether oxygens (including phenoxy) is 3. The maximum atomic E-state index is 16.7. The summed E-state index contributed by atoms with van der Waals surface area (Å²) >= 11 is 11.0. The molecule has 0 aliphatic carbocycles. The van der Waals surface area contributed by atoms with E-state index in [0.717, 1.165) is 11.0 Å². The fraction of sp³-hybridized carbons (Fsp3) is 0.394. The number of carbonyl (C=O) groups excluding carboxylic acids is 2. The monoisotopic (exact) mass is 893 g/mol. The number of carbonyl (C=O) groups is 2. The molecule has 59 heavy (non-hydrogen) atoms. The molecule has 1 amide bonds. The molecule has 0 bridgehead atoms. The molecule has 3 aliphatic rings. The minimum absolute atomic E-state index is 0.0397. The van der Waals surface area contributed by atoms with Crippen molar-refractivity contribution in [3.8, 4) is 6.07 Å². The largest absolute Gasteiger partial charge is 0.465 e. The van der Waals surface area contributed by atoms with Crippen molar-refractivity contribution < 1.29 is 60.1 Å². The molecule has 0 radical (unpaired) electrons. The van der Waals surface area contributed by atoms with Crippen LogP contribution in [0.3, 0.4) is 0 Å². The number of esters is 1. The third-order valence-electron chi connectivity index (χ3n) is 9.35. The summed E-state index contributed by atoms with van der Waals surface area (Å²) in [6, 6.07) is 14.8. The van der Waals surface area contributed by atoms with Crippen molar-refractivity contribution in [2.75, 3.05) is 32.2 Å². The summed E-state index contributed by atoms with van der Waals surface area (Å²) in [6.07, 6.45) is -11.1. The maximum Gasteiger partial charge on any atom is 0.340 e. The Morgan fingerprint density at radius 1 is 0.983 bits per heavy atom. The third kappa shape index (κ3) is 8.26. The fourth-order valence-electron chi connectivity index (χ4n) is 6.62. The Labute approximate surface area is 342 Å². The quantitative estimate of drug-likeness (QED) is 0.127. The molecular formula is C33H31F2N9O11P2S2. The van der Waals surface area contributed by atoms with E-state index in [4.69, 9.17) is 60.4 Å². The van der Waals surface area contributed by atoms with Crippen LogP contribution in [0.5, 0.6) is 0 Å². The normalized spacial score (nSPS) is 31.1. The molecule has 6 heterocycles. The van der Waals surface area contributed by atoms with Gasteiger partial charge < -0.3 is 38.0 Å². The van der Waals surface area contributed by atoms with Gasteiger partial charge in [-0.3, -0.25) is 18.4 Å². The zero-order valence-corrected chi connectivity index (χ0v) is 33.7. The summed E-state index contributed by atoms with van der Waals surface area (Å²) in [7, 11) is 1.19. The van der Waals surface area contributed by atoms with E-state index in [1.807, 2.05) is 6.07 Å². The van der Waals surface area contributed by atoms with Crippen LogP contribution in [-0.2, 0) is 60.4 Å². The first-order chi connectivity index (χ1) is 28.4. The van der Waals surface area contributed by atoms with E-state index < -0.39 is 87.7 Å². The van der Waals surface area contributed by atoms with Gasteiger partial charge in [-0.15, -0.1) is 5.10 Å². The smallest absolute Gasteiger partial charge is 0.340 e. The van der Waals surface area contributed by atoms with Gasteiger partial charge >= 0.3 is 19.4 Å². The number of alkyl halides is 2. The lowest BCUT2D eigenvalue weighted by molar-refractivity contribution is -0.0617. The van der Waals surface area contributed by atoms with E-state index in [0.29, 0.717) is 5.56 Å². The number of aromatic nitrogens is 7. The number of nitrogens with one attached hydrogen (secondary N) is 1. The van der Waals surface area contributed by atoms with Crippen LogP contribution in [-0.4, -0.2) is 115 Å². The molecule has 26 heteroatoms. The van der Waals surface area contributed by atoms with Crippen molar-refractivity contribution in [1.29, 1.82) is 5.26 Å². The van der Waals surface area contributed by atoms with E-state index in [1.165, 1.54) is 36.2 Å². The van der Waals surface area contributed by atoms with Crippen LogP contribution in [0.2, 0.25) is 0 Å². The Hall–Kier alpha value is -4.34. The van der Waals surface area contributed by atoms with Gasteiger partial charge in [-0.05, 0) is 47.9 Å². The Morgan fingerprint density at radius 3 is 2.47 bits per heavy atom. The Kier molecular flexibility index (Phi) is 11.9. The van der Waals surface area contributed by atoms with Crippen LogP contribution in [0, 0.1) is 11.3 Å². The predicted molar refractivity (Wildman–Crippen MR) is 205 cm³/mol. The van der Waals surface area contributed by atoms with E-state index in [-0.39, 0.29) is 46.6 Å². The van der Waals surface area contributed by atoms with Gasteiger partial charge in [0.2, 0.25) is 0 Å². The summed E-state index contributed by atoms with van der Waals surface area (Å²) < 4.78 is 81.8. The number of benzene rings is 2. The third-order valence-corrected chi connectivity index (χ3v) is 13.3. The second-order valence-electron chi connectivity index (χ2n) is 13.0. The maximum absolute atomic E-state index is 16.7. The second-order valence-corrected chi connectivity index (χ2v) is 18.7. The first-order valence-corrected chi connectivity index (χ1v) is 22.7. The number of hydrogen-bond acceptors (Lipinski definition) is 18. The molecule has 5 aromatic rings. The van der Waals surface area contributed by atoms with Crippen LogP contribution >= 0.6 is 13.4 Å². The zero-order chi connectivity index (χ0) is 41.5. The number of nitrogens with zero attached hydrogens (tertiary/aromatic N) is 8. The summed E-state index contributed by atoms with van der Waals surface area (Å²) in [5, 5.41) is 19.9. The van der Waals surface area contributed by atoms with E-state index in [2.05, 4.69) is 30.6 Å². The van der Waals surface area contributed by atoms with Gasteiger partial charge in [0.1, 0.15) is 36.3 Å². The lowest BCUT2D eigenvalue weighted by Crippen LogP contribution is -2.37. The van der Waals surface area contributed by atoms with Crippen molar-refractivity contribution in [3.63, 3.8) is 0 Å². The number of imidazole rings is 1. The topological polar surface area (TPSA) is 238 Å². The molecule has 2 unspecified atom stereocenters. The van der Waals surface area contributed by atoms with E-state index >= 15 is 8.78 Å². The highest BCUT2D eigenvalue weighted by Gasteiger charge is 2.54. The number of halogens is 2. The van der Waals surface area contributed by atoms with Crippen LogP contribution in [0.4, 0.5) is 14.6 Å². The molecule has 8 rings (SSSR count). The molecule has 0 saturated carbocycles. The Morgan fingerprint density at radius 2 is 1.71 bits per heavy atom. The average molecular weight is 894 g/mol. The molecule has 310 valence electrons. The van der Waals surface area contributed by atoms with Crippen LogP contribution in [0.1, 0.15) is 39.6 Å². The fourth-order valence-corrected chi connectivity index (χ4v) is 10.2. The van der Waals surface area contributed by atoms with Crippen molar-refractivity contribution in [1.82, 2.24) is 34.5 Å². The Bertz CT molecular complexity index is 2540. The lowest BCUT2D eigenvalue weighted by atomic mass is 10.1. The number of methoxy groups -OCH3 is 1. The van der Waals surface area contributed by atoms with Crippen LogP contribution in [0.15, 0.2) is 61.2 Å². The van der Waals surface area contributed by atoms with Gasteiger partial charge in [0, 0.05) is 5.56 Å². The predicted octanol–water partition coefficient (Wildman–Crippen LogP) is 3.97. The van der Waals surface area contributed by atoms with Gasteiger partial charge in [0.05, 0.1) is 56.8 Å². The highest BCUT2D eigenvalue weighted by Crippen LogP contribution is 2.57. The number of amides is 1. The molecule has 2 N–H and O–H groups in total. The highest BCUT2D eigenvalue weighted by atomic mass is 32.5. The molecule has 2 aromatic carbocycles. The van der Waals surface area contributed by atoms with Crippen molar-refractivity contribution in [2.24, 2.45) is 0 Å². The number of nitriles is 1. The number of anilines is 1. The molecular weight excluding hydrogens is 862 g/mol. The van der Waals surface area contributed by atoms with Crippen molar-refractivity contribution >= 4 is 76.9 Å². The summed E-state index contributed by atoms with van der Waals surface area (Å²) in [6.45, 7) is -10.00. The molecule has 3 saturated heterocycles. The van der Waals surface area contributed by atoms with Crippen LogP contribution < -0.4 is 5.32 Å². The van der Waals surface area contributed by atoms with Gasteiger partial charge in [0.25, 0.3) is 5.91 Å². The van der Waals surface area contributed by atoms with E-state index in [9.17, 15) is 19.7 Å². The highest BCUT2D eigenvalue weighted by molar-refractivity contribution is 8.07. The molecule has 3 fully saturated rings. The van der Waals surface area contributed by atoms with E-state index in [1.54, 1.807) is 30.3 Å². The lowest BCUT2D eigenvalue weighted by Gasteiger charge is -2.31. The van der Waals surface area contributed by atoms with Crippen molar-refractivity contribution in [2.45, 2.75) is 55.6 Å². The van der Waals surface area contributed by atoms with Gasteiger partial charge in [-0.25, -0.2) is 33.2 Å². The Balaban J connectivity index is 1.07. The summed E-state index contributed by atoms with van der Waals surface area (Å²) in [5.41, 5.74) is 0.897. The number of hydrogen-bond donors (Lipinski definition) is 2. The molecule has 20 nitrogen and oxygen atoms in total. The number of rotatable bonds is 8. The van der Waals surface area contributed by atoms with Gasteiger partial charge in [-0.1, -0.05) is 29.5 Å². The summed E-state index contributed by atoms with van der Waals surface area (Å²) in [5.74, 6) is -1.14. The average Bonchev–Trinajstić information content (AvgIpc) is 4.00. The van der Waals surface area contributed by atoms with Crippen molar-refractivity contribution in [3.05, 3.63) is 72.3 Å². The first kappa shape index (κ1) is 41.4. The molecule has 10 atom stereocenters. The van der Waals surface area contributed by atoms with Gasteiger partial charge in [-0.2, -0.15) is 5.26 Å². The first-order valence-electron chi connectivity index (χ1n) is 17.6. The van der Waals surface area contributed by atoms with Crippen LogP contribution in [0.25, 0.3) is 22.2 Å². The standard InChI is InChI=1S/C33H31F2N9O11P2S2/c1-48-33(46)18-9-5-10-19-24(18)41-42-44(19)32-23(35)27-20(53-32)13-50-56(47,58)54-26-21(14-51-57(59,55-27)49-12-6-11-36)52-31(22(26)34)43-16-39-25-28(37-15-38-29(25)43)40-30(45)17-7-3-2-4-8-17/h2-5,7-10,15-16,20-23,26-27,31-32H,6,12-14H2,1H3,(H,47,58)(H,37,38,40,45)/t20-,21-,22-,23-,26-,27-,31-,32-,56?,57?/m1/s1. The molecule has 3 aromatic heterocycles. The number of fused-ring (bicyclic) bond motifs is 4. The molecule has 0 spiro atoms. The summed E-state index contributed by atoms with van der Waals surface area (Å²) in [4.78, 5) is 49.2. The zero-order valence-electron chi connectivity index (χ0n) is 30.3. The minimum Gasteiger partial charge on any atom is -0.465 e.